The highest BCUT2D eigenvalue weighted by atomic mass is 32.2. The van der Waals surface area contributed by atoms with Gasteiger partial charge in [0.15, 0.2) is 5.76 Å². The monoisotopic (exact) mass is 599 g/mol. The van der Waals surface area contributed by atoms with Crippen molar-refractivity contribution in [2.24, 2.45) is 0 Å². The Morgan fingerprint density at radius 2 is 1.71 bits per heavy atom. The number of furan rings is 1. The van der Waals surface area contributed by atoms with Crippen LogP contribution in [0, 0.1) is 6.92 Å². The molecule has 3 heterocycles. The number of anilines is 1. The van der Waals surface area contributed by atoms with E-state index < -0.39 is 29.5 Å². The maximum absolute atomic E-state index is 14.4. The minimum Gasteiger partial charge on any atom is -0.494 e. The molecule has 0 aliphatic carbocycles. The summed E-state index contributed by atoms with van der Waals surface area (Å²) in [5.41, 5.74) is 0.668. The molecule has 0 radical (unpaired) electrons. The maximum Gasteiger partial charge on any atom is 0.246 e. The molecule has 1 N–H and O–H groups in total. The van der Waals surface area contributed by atoms with Gasteiger partial charge in [-0.3, -0.25) is 9.55 Å². The number of aliphatic hydroxyl groups excluding tert-OH is 1. The normalized spacial score (nSPS) is 13.6. The largest absolute Gasteiger partial charge is 0.494 e. The molecule has 1 aromatic carbocycles. The van der Waals surface area contributed by atoms with Gasteiger partial charge in [0, 0.05) is 20.8 Å². The van der Waals surface area contributed by atoms with Gasteiger partial charge in [0.05, 0.1) is 19.9 Å². The molecule has 0 bridgehead atoms. The van der Waals surface area contributed by atoms with E-state index in [1.165, 1.54) is 31.6 Å². The van der Waals surface area contributed by atoms with Crippen molar-refractivity contribution in [1.29, 1.82) is 0 Å². The molecule has 13 heteroatoms. The molecule has 11 nitrogen and oxygen atoms in total. The summed E-state index contributed by atoms with van der Waals surface area (Å²) in [5.74, 6) is 2.16. The van der Waals surface area contributed by atoms with Gasteiger partial charge in [0.2, 0.25) is 21.8 Å². The molecule has 41 heavy (non-hydrogen) atoms. The molecule has 0 aliphatic rings. The summed E-state index contributed by atoms with van der Waals surface area (Å²) in [6.45, 7) is 9.89. The Hall–Kier alpha value is -3.68. The van der Waals surface area contributed by atoms with Crippen molar-refractivity contribution in [2.75, 3.05) is 25.1 Å². The Morgan fingerprint density at radius 1 is 1.02 bits per heavy atom. The molecule has 0 fully saturated rings. The molecule has 4 rings (SSSR count). The molecule has 2 atom stereocenters. The fraction of sp³-hybridized carbons (Fsp3) is 0.393. The van der Waals surface area contributed by atoms with Gasteiger partial charge in [-0.25, -0.2) is 12.7 Å². The number of pyridine rings is 1. The highest BCUT2D eigenvalue weighted by molar-refractivity contribution is 7.93. The van der Waals surface area contributed by atoms with Crippen molar-refractivity contribution in [3.05, 3.63) is 66.2 Å². The van der Waals surface area contributed by atoms with Crippen molar-refractivity contribution in [3.8, 4) is 28.8 Å². The van der Waals surface area contributed by atoms with E-state index in [9.17, 15) is 13.5 Å². The van der Waals surface area contributed by atoms with Gasteiger partial charge in [-0.05, 0) is 56.3 Å². The first-order valence-electron chi connectivity index (χ1n) is 13.2. The predicted octanol–water partition coefficient (Wildman–Crippen LogP) is 4.84. The van der Waals surface area contributed by atoms with Crippen molar-refractivity contribution < 1.29 is 27.4 Å². The van der Waals surface area contributed by atoms with Gasteiger partial charge in [-0.2, -0.15) is 0 Å². The lowest BCUT2D eigenvalue weighted by atomic mass is 10.2. The second-order valence-corrected chi connectivity index (χ2v) is 18.7. The number of rotatable bonds is 12. The van der Waals surface area contributed by atoms with Crippen LogP contribution in [0.2, 0.25) is 25.7 Å². The van der Waals surface area contributed by atoms with Crippen LogP contribution in [0.5, 0.6) is 11.5 Å². The lowest BCUT2D eigenvalue weighted by molar-refractivity contribution is 0.171. The second-order valence-electron chi connectivity index (χ2n) is 10.9. The first kappa shape index (κ1) is 30.3. The van der Waals surface area contributed by atoms with Crippen LogP contribution in [-0.2, 0) is 10.0 Å². The summed E-state index contributed by atoms with van der Waals surface area (Å²) in [6, 6.07) is 14.4. The van der Waals surface area contributed by atoms with Crippen LogP contribution in [0.25, 0.3) is 17.3 Å². The summed E-state index contributed by atoms with van der Waals surface area (Å²) in [7, 11) is -2.94. The highest BCUT2D eigenvalue weighted by Gasteiger charge is 2.39. The third-order valence-electron chi connectivity index (χ3n) is 6.73. The number of hydrogen-bond donors (Lipinski definition) is 1. The number of sulfonamides is 1. The third kappa shape index (κ3) is 6.31. The van der Waals surface area contributed by atoms with Crippen LogP contribution >= 0.6 is 0 Å². The quantitative estimate of drug-likeness (QED) is 0.227. The van der Waals surface area contributed by atoms with Crippen LogP contribution in [0.3, 0.4) is 0 Å². The molecule has 0 saturated carbocycles. The number of hydrogen-bond acceptors (Lipinski definition) is 9. The van der Waals surface area contributed by atoms with Crippen LogP contribution in [0.15, 0.2) is 59.1 Å². The Bertz CT molecular complexity index is 1560. The molecule has 0 amide bonds. The van der Waals surface area contributed by atoms with E-state index in [0.717, 1.165) is 0 Å². The fourth-order valence-electron chi connectivity index (χ4n) is 4.34. The fourth-order valence-corrected chi connectivity index (χ4v) is 6.96. The highest BCUT2D eigenvalue weighted by Crippen LogP contribution is 2.40. The average Bonchev–Trinajstić information content (AvgIpc) is 3.57. The predicted molar refractivity (Wildman–Crippen MR) is 160 cm³/mol. The van der Waals surface area contributed by atoms with Crippen LogP contribution in [0.4, 0.5) is 5.95 Å². The molecular formula is C28H37N5O6SSi. The number of nitrogens with zero attached hydrogens (tertiary/aromatic N) is 5. The molecule has 4 aromatic rings. The minimum atomic E-state index is -4.23. The summed E-state index contributed by atoms with van der Waals surface area (Å²) in [6.07, 6.45) is 0.142. The van der Waals surface area contributed by atoms with Crippen molar-refractivity contribution in [2.45, 2.75) is 50.9 Å². The summed E-state index contributed by atoms with van der Waals surface area (Å²) < 4.78 is 48.9. The second kappa shape index (κ2) is 12.0. The van der Waals surface area contributed by atoms with Crippen molar-refractivity contribution in [1.82, 2.24) is 19.7 Å². The van der Waals surface area contributed by atoms with Gasteiger partial charge < -0.3 is 19.0 Å². The molecule has 0 spiro atoms. The first-order valence-corrected chi connectivity index (χ1v) is 18.4. The lowest BCUT2D eigenvalue weighted by Gasteiger charge is -2.31. The van der Waals surface area contributed by atoms with Gasteiger partial charge in [0.1, 0.15) is 34.3 Å². The lowest BCUT2D eigenvalue weighted by Crippen LogP contribution is -2.44. The number of para-hydroxylation sites is 1. The van der Waals surface area contributed by atoms with Crippen molar-refractivity contribution >= 4 is 24.0 Å². The minimum absolute atomic E-state index is 0.0233. The van der Waals surface area contributed by atoms with Crippen LogP contribution in [-0.4, -0.2) is 67.4 Å². The average molecular weight is 600 g/mol. The first-order chi connectivity index (χ1) is 19.4. The van der Waals surface area contributed by atoms with E-state index in [0.29, 0.717) is 34.8 Å². The molecule has 0 saturated heterocycles. The Kier molecular flexibility index (Phi) is 8.90. The van der Waals surface area contributed by atoms with Crippen molar-refractivity contribution in [3.63, 3.8) is 0 Å². The third-order valence-corrected chi connectivity index (χ3v) is 10.6. The zero-order valence-corrected chi connectivity index (χ0v) is 26.2. The Morgan fingerprint density at radius 3 is 2.24 bits per heavy atom. The van der Waals surface area contributed by atoms with Crippen LogP contribution < -0.4 is 13.8 Å². The summed E-state index contributed by atoms with van der Waals surface area (Å²) in [4.78, 5) is 4.18. The van der Waals surface area contributed by atoms with E-state index in [-0.39, 0.29) is 24.0 Å². The Balaban J connectivity index is 1.97. The van der Waals surface area contributed by atoms with E-state index in [1.54, 1.807) is 60.0 Å². The molecule has 220 valence electrons. The summed E-state index contributed by atoms with van der Waals surface area (Å²) >= 11 is 0. The van der Waals surface area contributed by atoms with Gasteiger partial charge in [-0.1, -0.05) is 31.8 Å². The van der Waals surface area contributed by atoms with E-state index in [2.05, 4.69) is 34.8 Å². The van der Waals surface area contributed by atoms with Gasteiger partial charge >= 0.3 is 0 Å². The zero-order valence-electron chi connectivity index (χ0n) is 24.4. The Labute approximate surface area is 241 Å². The SMILES string of the molecule is COc1cccc(OC)c1-n1c(-c2ccc(C)o2)nnc1N(CC[Si](C)(C)C)S(=O)(=O)[C@@H](C)[C@@H](O)c1ccccn1. The number of aryl methyl sites for hydroxylation is 1. The maximum atomic E-state index is 14.4. The van der Waals surface area contributed by atoms with E-state index in [4.69, 9.17) is 13.9 Å². The zero-order chi connectivity index (χ0) is 29.9. The number of aromatic nitrogens is 4. The smallest absolute Gasteiger partial charge is 0.246 e. The van der Waals surface area contributed by atoms with Gasteiger partial charge in [0.25, 0.3) is 0 Å². The van der Waals surface area contributed by atoms with Crippen LogP contribution in [0.1, 0.15) is 24.5 Å². The van der Waals surface area contributed by atoms with E-state index >= 15 is 0 Å². The number of ether oxygens (including phenoxy) is 2. The molecule has 0 aliphatic heterocycles. The number of aliphatic hydroxyl groups is 1. The molecular weight excluding hydrogens is 562 g/mol. The molecule has 0 unspecified atom stereocenters. The number of methoxy groups -OCH3 is 2. The van der Waals surface area contributed by atoms with Gasteiger partial charge in [-0.15, -0.1) is 10.2 Å². The topological polar surface area (TPSA) is 133 Å². The van der Waals surface area contributed by atoms with E-state index in [1.807, 2.05) is 0 Å². The number of benzene rings is 1. The molecule has 3 aromatic heterocycles. The standard InChI is InChI=1S/C28H37N5O6SSi/c1-19-14-15-24(39-19)27-30-31-28(33(27)25-22(37-3)12-10-13-23(25)38-4)32(17-18-41(5,6)7)40(35,36)20(2)26(34)21-11-8-9-16-29-21/h8-16,20,26,34H,17-18H2,1-7H3/t20-,26+/m0/s1. The summed E-state index contributed by atoms with van der Waals surface area (Å²) in [5, 5.41) is 18.7.